The zero-order valence-corrected chi connectivity index (χ0v) is 9.37. The van der Waals surface area contributed by atoms with Crippen molar-refractivity contribution >= 4 is 11.3 Å². The van der Waals surface area contributed by atoms with Crippen molar-refractivity contribution in [3.63, 3.8) is 0 Å². The van der Waals surface area contributed by atoms with E-state index in [1.54, 1.807) is 23.7 Å². The van der Waals surface area contributed by atoms with Crippen molar-refractivity contribution in [1.82, 2.24) is 4.98 Å². The fraction of sp³-hybridized carbons (Fsp3) is 0.250. The summed E-state index contributed by atoms with van der Waals surface area (Å²) in [5.74, 6) is 0. The van der Waals surface area contributed by atoms with Crippen LogP contribution in [0.1, 0.15) is 22.1 Å². The highest BCUT2D eigenvalue weighted by molar-refractivity contribution is 7.10. The van der Waals surface area contributed by atoms with Gasteiger partial charge in [-0.1, -0.05) is 6.07 Å². The summed E-state index contributed by atoms with van der Waals surface area (Å²) in [5.41, 5.74) is 2.23. The van der Waals surface area contributed by atoms with Gasteiger partial charge in [-0.25, -0.2) is 0 Å². The first-order chi connectivity index (χ1) is 7.27. The third-order valence-corrected chi connectivity index (χ3v) is 3.48. The lowest BCUT2D eigenvalue weighted by Gasteiger charge is -2.09. The summed E-state index contributed by atoms with van der Waals surface area (Å²) in [6.07, 6.45) is 3.77. The molecule has 0 aliphatic carbocycles. The molecular weight excluding hydrogens is 206 g/mol. The molecule has 0 saturated heterocycles. The predicted octanol–water partition coefficient (Wildman–Crippen LogP) is 2.73. The van der Waals surface area contributed by atoms with Crippen LogP contribution < -0.4 is 0 Å². The fourth-order valence-electron chi connectivity index (χ4n) is 1.56. The van der Waals surface area contributed by atoms with Crippen molar-refractivity contribution in [2.45, 2.75) is 19.4 Å². The first kappa shape index (κ1) is 10.3. The van der Waals surface area contributed by atoms with Crippen LogP contribution in [0.3, 0.4) is 0 Å². The Morgan fingerprint density at radius 2 is 2.33 bits per heavy atom. The highest BCUT2D eigenvalue weighted by Gasteiger charge is 2.12. The first-order valence-electron chi connectivity index (χ1n) is 4.88. The SMILES string of the molecule is Cc1ccsc1C(O)Cc1cccnc1. The molecule has 3 heteroatoms. The number of aryl methyl sites for hydroxylation is 1. The second kappa shape index (κ2) is 4.55. The molecule has 0 radical (unpaired) electrons. The van der Waals surface area contributed by atoms with E-state index in [-0.39, 0.29) is 0 Å². The molecule has 1 unspecified atom stereocenters. The van der Waals surface area contributed by atoms with E-state index >= 15 is 0 Å². The van der Waals surface area contributed by atoms with E-state index in [9.17, 15) is 5.11 Å². The second-order valence-corrected chi connectivity index (χ2v) is 4.50. The topological polar surface area (TPSA) is 33.1 Å². The van der Waals surface area contributed by atoms with Crippen molar-refractivity contribution in [1.29, 1.82) is 0 Å². The largest absolute Gasteiger partial charge is 0.387 e. The van der Waals surface area contributed by atoms with E-state index in [0.717, 1.165) is 16.0 Å². The summed E-state index contributed by atoms with van der Waals surface area (Å²) in [7, 11) is 0. The van der Waals surface area contributed by atoms with Gasteiger partial charge in [-0.05, 0) is 35.6 Å². The van der Waals surface area contributed by atoms with E-state index in [2.05, 4.69) is 4.98 Å². The quantitative estimate of drug-likeness (QED) is 0.861. The second-order valence-electron chi connectivity index (χ2n) is 3.55. The number of aliphatic hydroxyl groups is 1. The van der Waals surface area contributed by atoms with Gasteiger partial charge in [0.05, 0.1) is 6.10 Å². The minimum absolute atomic E-state index is 0.408. The molecule has 0 amide bonds. The highest BCUT2D eigenvalue weighted by atomic mass is 32.1. The lowest BCUT2D eigenvalue weighted by Crippen LogP contribution is -2.01. The summed E-state index contributed by atoms with van der Waals surface area (Å²) >= 11 is 1.61. The minimum Gasteiger partial charge on any atom is -0.387 e. The number of hydrogen-bond donors (Lipinski definition) is 1. The van der Waals surface area contributed by atoms with Gasteiger partial charge in [0, 0.05) is 23.7 Å². The molecule has 0 saturated carbocycles. The van der Waals surface area contributed by atoms with Crippen LogP contribution in [0.5, 0.6) is 0 Å². The molecule has 1 atom stereocenters. The van der Waals surface area contributed by atoms with Gasteiger partial charge in [0.25, 0.3) is 0 Å². The van der Waals surface area contributed by atoms with Crippen LogP contribution in [0.25, 0.3) is 0 Å². The minimum atomic E-state index is -0.408. The van der Waals surface area contributed by atoms with Crippen LogP contribution in [-0.2, 0) is 6.42 Å². The lowest BCUT2D eigenvalue weighted by atomic mass is 10.1. The molecule has 0 aliphatic rings. The number of aliphatic hydroxyl groups excluding tert-OH is 1. The molecule has 2 heterocycles. The Balaban J connectivity index is 2.11. The van der Waals surface area contributed by atoms with Gasteiger partial charge in [-0.3, -0.25) is 4.98 Å². The summed E-state index contributed by atoms with van der Waals surface area (Å²) in [6.45, 7) is 2.03. The maximum atomic E-state index is 10.0. The van der Waals surface area contributed by atoms with E-state index < -0.39 is 6.10 Å². The van der Waals surface area contributed by atoms with Gasteiger partial charge in [0.15, 0.2) is 0 Å². The van der Waals surface area contributed by atoms with Crippen LogP contribution in [0.15, 0.2) is 36.0 Å². The zero-order valence-electron chi connectivity index (χ0n) is 8.55. The van der Waals surface area contributed by atoms with E-state index in [0.29, 0.717) is 6.42 Å². The predicted molar refractivity (Wildman–Crippen MR) is 62.0 cm³/mol. The first-order valence-corrected chi connectivity index (χ1v) is 5.76. The van der Waals surface area contributed by atoms with Crippen molar-refractivity contribution in [2.75, 3.05) is 0 Å². The van der Waals surface area contributed by atoms with Crippen molar-refractivity contribution in [3.05, 3.63) is 52.0 Å². The molecule has 0 spiro atoms. The zero-order chi connectivity index (χ0) is 10.7. The maximum absolute atomic E-state index is 10.0. The van der Waals surface area contributed by atoms with Crippen LogP contribution in [0.2, 0.25) is 0 Å². The number of nitrogens with zero attached hydrogens (tertiary/aromatic N) is 1. The Bertz CT molecular complexity index is 424. The third-order valence-electron chi connectivity index (χ3n) is 2.36. The fourth-order valence-corrected chi connectivity index (χ4v) is 2.47. The highest BCUT2D eigenvalue weighted by Crippen LogP contribution is 2.26. The standard InChI is InChI=1S/C12H13NOS/c1-9-4-6-15-12(9)11(14)7-10-3-2-5-13-8-10/h2-6,8,11,14H,7H2,1H3. The van der Waals surface area contributed by atoms with Gasteiger partial charge in [0.1, 0.15) is 0 Å². The van der Waals surface area contributed by atoms with Crippen molar-refractivity contribution in [3.8, 4) is 0 Å². The van der Waals surface area contributed by atoms with Crippen LogP contribution in [0.4, 0.5) is 0 Å². The van der Waals surface area contributed by atoms with E-state index in [1.807, 2.05) is 30.5 Å². The van der Waals surface area contributed by atoms with Crippen molar-refractivity contribution < 1.29 is 5.11 Å². The van der Waals surface area contributed by atoms with Gasteiger partial charge < -0.3 is 5.11 Å². The lowest BCUT2D eigenvalue weighted by molar-refractivity contribution is 0.181. The molecule has 0 bridgehead atoms. The molecule has 2 aromatic rings. The molecule has 0 aromatic carbocycles. The summed E-state index contributed by atoms with van der Waals surface area (Å²) in [5, 5.41) is 12.0. The van der Waals surface area contributed by atoms with Gasteiger partial charge in [-0.2, -0.15) is 0 Å². The van der Waals surface area contributed by atoms with Crippen LogP contribution in [0, 0.1) is 6.92 Å². The monoisotopic (exact) mass is 219 g/mol. The normalized spacial score (nSPS) is 12.7. The summed E-state index contributed by atoms with van der Waals surface area (Å²) < 4.78 is 0. The Kier molecular flexibility index (Phi) is 3.14. The van der Waals surface area contributed by atoms with Crippen LogP contribution >= 0.6 is 11.3 Å². The maximum Gasteiger partial charge on any atom is 0.0925 e. The number of pyridine rings is 1. The smallest absolute Gasteiger partial charge is 0.0925 e. The summed E-state index contributed by atoms with van der Waals surface area (Å²) in [6, 6.07) is 5.91. The average molecular weight is 219 g/mol. The molecule has 15 heavy (non-hydrogen) atoms. The Morgan fingerprint density at radius 3 is 2.93 bits per heavy atom. The molecule has 1 N–H and O–H groups in total. The summed E-state index contributed by atoms with van der Waals surface area (Å²) in [4.78, 5) is 5.09. The Hall–Kier alpha value is -1.19. The molecule has 2 rings (SSSR count). The molecule has 78 valence electrons. The van der Waals surface area contributed by atoms with Gasteiger partial charge in [0.2, 0.25) is 0 Å². The molecule has 2 aromatic heterocycles. The Labute approximate surface area is 93.2 Å². The molecule has 0 aliphatic heterocycles. The molecule has 2 nitrogen and oxygen atoms in total. The molecular formula is C12H13NOS. The van der Waals surface area contributed by atoms with Crippen molar-refractivity contribution in [2.24, 2.45) is 0 Å². The van der Waals surface area contributed by atoms with E-state index in [4.69, 9.17) is 0 Å². The third kappa shape index (κ3) is 2.43. The number of thiophene rings is 1. The van der Waals surface area contributed by atoms with Crippen LogP contribution in [-0.4, -0.2) is 10.1 Å². The Morgan fingerprint density at radius 1 is 1.47 bits per heavy atom. The number of rotatable bonds is 3. The van der Waals surface area contributed by atoms with Gasteiger partial charge >= 0.3 is 0 Å². The van der Waals surface area contributed by atoms with E-state index in [1.165, 1.54) is 0 Å². The average Bonchev–Trinajstić information content (AvgIpc) is 2.66. The number of hydrogen-bond acceptors (Lipinski definition) is 3. The molecule has 0 fully saturated rings. The van der Waals surface area contributed by atoms with Gasteiger partial charge in [-0.15, -0.1) is 11.3 Å². The number of aromatic nitrogens is 1.